The zero-order valence-electron chi connectivity index (χ0n) is 53.4. The van der Waals surface area contributed by atoms with E-state index in [-0.39, 0.29) is 49.6 Å². The van der Waals surface area contributed by atoms with Crippen molar-refractivity contribution in [2.24, 2.45) is 0 Å². The van der Waals surface area contributed by atoms with Crippen LogP contribution < -0.4 is 40.2 Å². The first-order chi connectivity index (χ1) is 45.8. The molecule has 0 heterocycles. The van der Waals surface area contributed by atoms with Crippen molar-refractivity contribution >= 4 is 23.6 Å². The van der Waals surface area contributed by atoms with Crippen LogP contribution in [0.15, 0.2) is 231 Å². The molecule has 0 saturated carbocycles. The molecule has 0 saturated heterocycles. The SMILES string of the molecule is O=C(CNC(=O)CC(c1ccccc1)(c1ccccc1)c1ccccc1)NCCCCCCOc1ccc(OCCOCCOCCOCCOc2ccc(OCCCCCCNC(=O)CNC(=O)CC(c3ccccc3)(c3ccccc3)c3ccccc3)cc2)cc1. The van der Waals surface area contributed by atoms with Crippen LogP contribution in [-0.2, 0) is 44.2 Å². The van der Waals surface area contributed by atoms with Crippen molar-refractivity contribution in [1.29, 1.82) is 0 Å². The maximum absolute atomic E-state index is 13.6. The van der Waals surface area contributed by atoms with Crippen molar-refractivity contribution < 1.29 is 52.3 Å². The first kappa shape index (κ1) is 69.6. The van der Waals surface area contributed by atoms with Gasteiger partial charge in [-0.2, -0.15) is 0 Å². The van der Waals surface area contributed by atoms with Gasteiger partial charge in [0.25, 0.3) is 0 Å². The zero-order chi connectivity index (χ0) is 64.7. The molecular weight excluding hydrogens is 1170 g/mol. The Bertz CT molecular complexity index is 2950. The van der Waals surface area contributed by atoms with Crippen molar-refractivity contribution in [3.05, 3.63) is 264 Å². The van der Waals surface area contributed by atoms with E-state index in [2.05, 4.69) is 94.1 Å². The number of amides is 4. The van der Waals surface area contributed by atoms with Gasteiger partial charge in [-0.15, -0.1) is 0 Å². The minimum atomic E-state index is -0.726. The van der Waals surface area contributed by atoms with E-state index in [9.17, 15) is 19.2 Å². The highest BCUT2D eigenvalue weighted by atomic mass is 16.6. The summed E-state index contributed by atoms with van der Waals surface area (Å²) in [7, 11) is 0. The molecule has 4 amide bonds. The summed E-state index contributed by atoms with van der Waals surface area (Å²) < 4.78 is 40.5. The van der Waals surface area contributed by atoms with Crippen LogP contribution in [-0.4, -0.2) is 116 Å². The molecule has 4 N–H and O–H groups in total. The summed E-state index contributed by atoms with van der Waals surface area (Å²) in [5.74, 6) is 2.21. The second-order valence-electron chi connectivity index (χ2n) is 22.6. The number of carbonyl (C=O) groups is 4. The van der Waals surface area contributed by atoms with Crippen LogP contribution in [0.1, 0.15) is 97.6 Å². The van der Waals surface area contributed by atoms with Crippen LogP contribution >= 0.6 is 0 Å². The Morgan fingerprint density at radius 2 is 0.484 bits per heavy atom. The minimum absolute atomic E-state index is 0.0831. The molecule has 488 valence electrons. The van der Waals surface area contributed by atoms with Gasteiger partial charge in [-0.05, 0) is 108 Å². The van der Waals surface area contributed by atoms with E-state index in [4.69, 9.17) is 33.2 Å². The third-order valence-electron chi connectivity index (χ3n) is 16.1. The van der Waals surface area contributed by atoms with Gasteiger partial charge in [-0.25, -0.2) is 0 Å². The van der Waals surface area contributed by atoms with Gasteiger partial charge in [0.2, 0.25) is 23.6 Å². The summed E-state index contributed by atoms with van der Waals surface area (Å²) in [6.45, 7) is 5.59. The second-order valence-corrected chi connectivity index (χ2v) is 22.6. The molecule has 0 spiro atoms. The fourth-order valence-electron chi connectivity index (χ4n) is 11.3. The van der Waals surface area contributed by atoms with Crippen LogP contribution in [0, 0.1) is 0 Å². The molecule has 0 atom stereocenters. The predicted octanol–water partition coefficient (Wildman–Crippen LogP) is 12.4. The number of hydrogen-bond acceptors (Lipinski definition) is 11. The number of benzene rings is 8. The number of rotatable bonds is 44. The maximum Gasteiger partial charge on any atom is 0.239 e. The summed E-state index contributed by atoms with van der Waals surface area (Å²) in [5, 5.41) is 11.7. The average molecular weight is 1260 g/mol. The van der Waals surface area contributed by atoms with E-state index in [0.717, 1.165) is 108 Å². The van der Waals surface area contributed by atoms with Gasteiger partial charge in [0.05, 0.1) is 76.8 Å². The Hall–Kier alpha value is -9.28. The fraction of sp³-hybridized carbons (Fsp3) is 0.333. The van der Waals surface area contributed by atoms with Crippen molar-refractivity contribution in [3.63, 3.8) is 0 Å². The second kappa shape index (κ2) is 39.9. The highest BCUT2D eigenvalue weighted by Crippen LogP contribution is 2.43. The smallest absolute Gasteiger partial charge is 0.239 e. The first-order valence-electron chi connectivity index (χ1n) is 32.7. The van der Waals surface area contributed by atoms with E-state index in [0.29, 0.717) is 79.2 Å². The van der Waals surface area contributed by atoms with Gasteiger partial charge in [0.1, 0.15) is 36.2 Å². The van der Waals surface area contributed by atoms with Crippen molar-refractivity contribution in [2.45, 2.75) is 75.0 Å². The maximum atomic E-state index is 13.6. The van der Waals surface area contributed by atoms with Gasteiger partial charge in [0.15, 0.2) is 0 Å². The van der Waals surface area contributed by atoms with Gasteiger partial charge in [0, 0.05) is 25.9 Å². The van der Waals surface area contributed by atoms with Crippen molar-refractivity contribution in [1.82, 2.24) is 21.3 Å². The van der Waals surface area contributed by atoms with E-state index in [1.165, 1.54) is 0 Å². The normalized spacial score (nSPS) is 11.3. The van der Waals surface area contributed by atoms with E-state index in [1.807, 2.05) is 158 Å². The number of unbranched alkanes of at least 4 members (excludes halogenated alkanes) is 6. The van der Waals surface area contributed by atoms with Crippen LogP contribution in [0.5, 0.6) is 23.0 Å². The predicted molar refractivity (Wildman–Crippen MR) is 364 cm³/mol. The minimum Gasteiger partial charge on any atom is -0.494 e. The quantitative estimate of drug-likeness (QED) is 0.0211. The molecule has 0 fully saturated rings. The van der Waals surface area contributed by atoms with E-state index < -0.39 is 10.8 Å². The molecule has 93 heavy (non-hydrogen) atoms. The van der Waals surface area contributed by atoms with Crippen LogP contribution in [0.4, 0.5) is 0 Å². The lowest BCUT2D eigenvalue weighted by Crippen LogP contribution is -2.41. The Morgan fingerprint density at radius 1 is 0.247 bits per heavy atom. The third kappa shape index (κ3) is 23.1. The topological polar surface area (TPSA) is 181 Å². The fourth-order valence-corrected chi connectivity index (χ4v) is 11.3. The van der Waals surface area contributed by atoms with E-state index >= 15 is 0 Å². The van der Waals surface area contributed by atoms with Crippen LogP contribution in [0.2, 0.25) is 0 Å². The lowest BCUT2D eigenvalue weighted by Gasteiger charge is -2.35. The largest absolute Gasteiger partial charge is 0.494 e. The third-order valence-corrected chi connectivity index (χ3v) is 16.1. The molecule has 15 nitrogen and oxygen atoms in total. The first-order valence-corrected chi connectivity index (χ1v) is 32.7. The van der Waals surface area contributed by atoms with Crippen LogP contribution in [0.25, 0.3) is 0 Å². The highest BCUT2D eigenvalue weighted by molar-refractivity contribution is 5.87. The van der Waals surface area contributed by atoms with Gasteiger partial charge < -0.3 is 54.4 Å². The van der Waals surface area contributed by atoms with Gasteiger partial charge in [-0.1, -0.05) is 208 Å². The Labute approximate surface area is 548 Å². The molecule has 0 bridgehead atoms. The van der Waals surface area contributed by atoms with Crippen LogP contribution in [0.3, 0.4) is 0 Å². The standard InChI is InChI=1S/C78H90N4O11/c83-73(59-77(63-27-11-5-12-28-63,64-29-13-6-14-30-64)65-31-15-7-16-32-65)81-61-75(85)79-47-23-1-3-25-49-90-69-39-43-71(44-40-69)92-57-55-88-53-51-87-52-54-89-56-58-93-72-45-41-70(42-46-72)91-50-26-4-2-24-48-80-76(86)62-82-74(84)60-78(66-33-17-8-18-34-66,67-35-19-9-20-36-67)68-37-21-10-22-38-68/h5-22,27-46H,1-4,23-26,47-62H2,(H,79,85)(H,80,86)(H,81,83)(H,82,84). The van der Waals surface area contributed by atoms with Gasteiger partial charge in [-0.3, -0.25) is 19.2 Å². The number of ether oxygens (including phenoxy) is 7. The Kier molecular flexibility index (Phi) is 29.8. The highest BCUT2D eigenvalue weighted by Gasteiger charge is 2.40. The molecule has 0 aliphatic rings. The number of nitrogens with one attached hydrogen (secondary N) is 4. The summed E-state index contributed by atoms with van der Waals surface area (Å²) >= 11 is 0. The van der Waals surface area contributed by atoms with Crippen molar-refractivity contribution in [2.75, 3.05) is 92.2 Å². The summed E-state index contributed by atoms with van der Waals surface area (Å²) in [5.41, 5.74) is 4.60. The molecular formula is C78H90N4O11. The molecule has 0 aliphatic heterocycles. The summed E-state index contributed by atoms with van der Waals surface area (Å²) in [6.07, 6.45) is 7.58. The van der Waals surface area contributed by atoms with E-state index in [1.54, 1.807) is 0 Å². The molecule has 8 aromatic carbocycles. The molecule has 8 aromatic rings. The van der Waals surface area contributed by atoms with Crippen molar-refractivity contribution in [3.8, 4) is 23.0 Å². The number of hydrogen-bond donors (Lipinski definition) is 4. The molecule has 0 unspecified atom stereocenters. The molecule has 15 heteroatoms. The molecule has 0 aromatic heterocycles. The summed E-state index contributed by atoms with van der Waals surface area (Å²) in [6, 6.07) is 75.5. The lowest BCUT2D eigenvalue weighted by atomic mass is 9.67. The number of carbonyl (C=O) groups excluding carboxylic acids is 4. The zero-order valence-corrected chi connectivity index (χ0v) is 53.4. The average Bonchev–Trinajstić information content (AvgIpc) is 0.782. The lowest BCUT2D eigenvalue weighted by molar-refractivity contribution is -0.126. The Morgan fingerprint density at radius 3 is 0.753 bits per heavy atom. The molecule has 0 radical (unpaired) electrons. The molecule has 8 rings (SSSR count). The monoisotopic (exact) mass is 1260 g/mol. The van der Waals surface area contributed by atoms with Gasteiger partial charge >= 0.3 is 0 Å². The molecule has 0 aliphatic carbocycles. The summed E-state index contributed by atoms with van der Waals surface area (Å²) in [4.78, 5) is 52.7. The Balaban J connectivity index is 0.562.